The van der Waals surface area contributed by atoms with Crippen LogP contribution in [0, 0.1) is 17.8 Å². The second kappa shape index (κ2) is 8.25. The van der Waals surface area contributed by atoms with Crippen molar-refractivity contribution in [3.63, 3.8) is 0 Å². The standard InChI is InChI=1S/C24H30F4N4O/c25-23(26)7-1-2-16(12-23)20(29)22-30-17-6-5-15(9-18(17)31-22)21(14-3-4-14)32-19(33)8-13-10-24(27,28)11-13/h5-6,9,13-14,16,20-21H,1-4,7-8,10-12,29H2,(H,30,31)(H,32,33)/t16-,20+,21-/m1/s1. The van der Waals surface area contributed by atoms with E-state index in [-0.39, 0.29) is 55.9 Å². The number of amides is 1. The van der Waals surface area contributed by atoms with Crippen LogP contribution in [0.5, 0.6) is 0 Å². The maximum absolute atomic E-state index is 13.8. The number of benzene rings is 1. The summed E-state index contributed by atoms with van der Waals surface area (Å²) in [5.74, 6) is -5.26. The van der Waals surface area contributed by atoms with E-state index < -0.39 is 17.9 Å². The van der Waals surface area contributed by atoms with Gasteiger partial charge >= 0.3 is 0 Å². The van der Waals surface area contributed by atoms with Crippen LogP contribution in [-0.2, 0) is 4.79 Å². The lowest BCUT2D eigenvalue weighted by Gasteiger charge is -2.34. The van der Waals surface area contributed by atoms with Gasteiger partial charge in [0.1, 0.15) is 5.82 Å². The molecule has 33 heavy (non-hydrogen) atoms. The van der Waals surface area contributed by atoms with E-state index >= 15 is 0 Å². The molecule has 2 aromatic rings. The normalized spacial score (nSPS) is 26.5. The molecule has 3 aliphatic rings. The summed E-state index contributed by atoms with van der Waals surface area (Å²) in [5, 5.41) is 3.05. The van der Waals surface area contributed by atoms with Gasteiger partial charge in [0.15, 0.2) is 0 Å². The van der Waals surface area contributed by atoms with Crippen LogP contribution < -0.4 is 11.1 Å². The molecular weight excluding hydrogens is 436 g/mol. The van der Waals surface area contributed by atoms with Crippen molar-refractivity contribution < 1.29 is 22.4 Å². The van der Waals surface area contributed by atoms with Gasteiger partial charge in [0.2, 0.25) is 17.8 Å². The summed E-state index contributed by atoms with van der Waals surface area (Å²) in [5.41, 5.74) is 8.69. The first-order chi connectivity index (χ1) is 15.6. The molecule has 3 fully saturated rings. The van der Waals surface area contributed by atoms with Crippen molar-refractivity contribution in [2.75, 3.05) is 0 Å². The monoisotopic (exact) mass is 466 g/mol. The molecule has 1 heterocycles. The van der Waals surface area contributed by atoms with Gasteiger partial charge < -0.3 is 16.0 Å². The topological polar surface area (TPSA) is 83.8 Å². The quantitative estimate of drug-likeness (QED) is 0.479. The number of imidazole rings is 1. The molecule has 5 nitrogen and oxygen atoms in total. The Morgan fingerprint density at radius 1 is 1.12 bits per heavy atom. The number of carbonyl (C=O) groups is 1. The lowest BCUT2D eigenvalue weighted by Crippen LogP contribution is -2.39. The zero-order valence-electron chi connectivity index (χ0n) is 18.4. The highest BCUT2D eigenvalue weighted by Crippen LogP contribution is 2.45. The van der Waals surface area contributed by atoms with Crippen molar-refractivity contribution in [3.8, 4) is 0 Å². The number of halogens is 4. The van der Waals surface area contributed by atoms with Gasteiger partial charge in [-0.15, -0.1) is 0 Å². The highest BCUT2D eigenvalue weighted by atomic mass is 19.3. The maximum atomic E-state index is 13.8. The average Bonchev–Trinajstić information content (AvgIpc) is 3.47. The lowest BCUT2D eigenvalue weighted by molar-refractivity contribution is -0.134. The fraction of sp³-hybridized carbons (Fsp3) is 0.667. The Morgan fingerprint density at radius 3 is 2.55 bits per heavy atom. The minimum atomic E-state index is -2.68. The molecule has 0 bridgehead atoms. The lowest BCUT2D eigenvalue weighted by atomic mass is 9.79. The van der Waals surface area contributed by atoms with Gasteiger partial charge in [-0.3, -0.25) is 4.79 Å². The van der Waals surface area contributed by atoms with Crippen LogP contribution in [0.3, 0.4) is 0 Å². The number of aromatic nitrogens is 2. The number of fused-ring (bicyclic) bond motifs is 1. The summed E-state index contributed by atoms with van der Waals surface area (Å²) < 4.78 is 53.9. The third-order valence-electron chi connectivity index (χ3n) is 7.44. The van der Waals surface area contributed by atoms with Crippen molar-refractivity contribution in [1.29, 1.82) is 0 Å². The molecule has 0 radical (unpaired) electrons. The number of alkyl halides is 4. The number of nitrogens with zero attached hydrogens (tertiary/aromatic N) is 1. The molecule has 1 aromatic heterocycles. The van der Waals surface area contributed by atoms with Gasteiger partial charge in [0.05, 0.1) is 23.1 Å². The number of H-pyrrole nitrogens is 1. The van der Waals surface area contributed by atoms with Crippen LogP contribution in [-0.4, -0.2) is 27.7 Å². The molecule has 4 N–H and O–H groups in total. The summed E-state index contributed by atoms with van der Waals surface area (Å²) in [6.45, 7) is 0. The zero-order chi connectivity index (χ0) is 23.4. The van der Waals surface area contributed by atoms with Gasteiger partial charge in [-0.2, -0.15) is 0 Å². The minimum Gasteiger partial charge on any atom is -0.349 e. The smallest absolute Gasteiger partial charge is 0.248 e. The molecule has 5 rings (SSSR count). The summed E-state index contributed by atoms with van der Waals surface area (Å²) >= 11 is 0. The highest BCUT2D eigenvalue weighted by Gasteiger charge is 2.46. The molecule has 3 saturated carbocycles. The molecule has 0 aliphatic heterocycles. The molecule has 3 aliphatic carbocycles. The van der Waals surface area contributed by atoms with Gasteiger partial charge in [-0.1, -0.05) is 6.07 Å². The molecule has 0 saturated heterocycles. The molecular formula is C24H30F4N4O. The van der Waals surface area contributed by atoms with Gasteiger partial charge in [0.25, 0.3) is 0 Å². The predicted octanol–water partition coefficient (Wildman–Crippen LogP) is 5.39. The summed E-state index contributed by atoms with van der Waals surface area (Å²) in [6, 6.07) is 4.91. The predicted molar refractivity (Wildman–Crippen MR) is 116 cm³/mol. The first-order valence-electron chi connectivity index (χ1n) is 11.9. The Bertz CT molecular complexity index is 1030. The Labute approximate surface area is 189 Å². The molecule has 3 atom stereocenters. The Hall–Kier alpha value is -2.16. The molecule has 1 aromatic carbocycles. The van der Waals surface area contributed by atoms with Crippen LogP contribution in [0.1, 0.15) is 81.3 Å². The number of aromatic amines is 1. The van der Waals surface area contributed by atoms with Crippen LogP contribution in [0.25, 0.3) is 11.0 Å². The van der Waals surface area contributed by atoms with E-state index in [4.69, 9.17) is 5.73 Å². The van der Waals surface area contributed by atoms with Crippen molar-refractivity contribution in [2.24, 2.45) is 23.5 Å². The minimum absolute atomic E-state index is 0.0862. The Kier molecular flexibility index (Phi) is 5.66. The molecule has 0 spiro atoms. The van der Waals surface area contributed by atoms with Crippen molar-refractivity contribution in [3.05, 3.63) is 29.6 Å². The van der Waals surface area contributed by atoms with E-state index in [0.29, 0.717) is 30.1 Å². The Morgan fingerprint density at radius 2 is 1.88 bits per heavy atom. The number of nitrogens with one attached hydrogen (secondary N) is 2. The van der Waals surface area contributed by atoms with Crippen molar-refractivity contribution >= 4 is 16.9 Å². The number of nitrogens with two attached hydrogens (primary N) is 1. The molecule has 9 heteroatoms. The second-order valence-corrected chi connectivity index (χ2v) is 10.4. The molecule has 180 valence electrons. The first-order valence-corrected chi connectivity index (χ1v) is 11.9. The van der Waals surface area contributed by atoms with E-state index in [1.54, 1.807) is 0 Å². The summed E-state index contributed by atoms with van der Waals surface area (Å²) in [6.07, 6.45) is 2.49. The van der Waals surface area contributed by atoms with Crippen LogP contribution in [0.2, 0.25) is 0 Å². The fourth-order valence-corrected chi connectivity index (χ4v) is 5.47. The second-order valence-electron chi connectivity index (χ2n) is 10.4. The van der Waals surface area contributed by atoms with E-state index in [1.807, 2.05) is 18.2 Å². The van der Waals surface area contributed by atoms with E-state index in [2.05, 4.69) is 15.3 Å². The SMILES string of the molecule is N[C@H](c1nc2ccc([C@H](NC(=O)CC3CC(F)(F)C3)C3CC3)cc2[nH]1)[C@@H]1CCCC(F)(F)C1. The third-order valence-corrected chi connectivity index (χ3v) is 7.44. The summed E-state index contributed by atoms with van der Waals surface area (Å²) in [7, 11) is 0. The summed E-state index contributed by atoms with van der Waals surface area (Å²) in [4.78, 5) is 20.3. The molecule has 1 amide bonds. The van der Waals surface area contributed by atoms with Gasteiger partial charge in [-0.05, 0) is 61.1 Å². The third kappa shape index (κ3) is 5.03. The van der Waals surface area contributed by atoms with Crippen LogP contribution >= 0.6 is 0 Å². The average molecular weight is 467 g/mol. The number of rotatable bonds is 7. The van der Waals surface area contributed by atoms with E-state index in [9.17, 15) is 22.4 Å². The first kappa shape index (κ1) is 22.6. The van der Waals surface area contributed by atoms with Crippen LogP contribution in [0.15, 0.2) is 18.2 Å². The largest absolute Gasteiger partial charge is 0.349 e. The molecule has 0 unspecified atom stereocenters. The number of hydrogen-bond acceptors (Lipinski definition) is 3. The van der Waals surface area contributed by atoms with Crippen molar-refractivity contribution in [1.82, 2.24) is 15.3 Å². The Balaban J connectivity index is 1.29. The van der Waals surface area contributed by atoms with Gasteiger partial charge in [0, 0.05) is 32.1 Å². The number of hydrogen-bond donors (Lipinski definition) is 3. The highest BCUT2D eigenvalue weighted by molar-refractivity contribution is 5.78. The fourth-order valence-electron chi connectivity index (χ4n) is 5.47. The van der Waals surface area contributed by atoms with Crippen LogP contribution in [0.4, 0.5) is 17.6 Å². The van der Waals surface area contributed by atoms with Gasteiger partial charge in [-0.25, -0.2) is 22.5 Å². The van der Waals surface area contributed by atoms with Crippen molar-refractivity contribution in [2.45, 2.75) is 81.7 Å². The zero-order valence-corrected chi connectivity index (χ0v) is 18.4. The van der Waals surface area contributed by atoms with E-state index in [1.165, 1.54) is 0 Å². The van der Waals surface area contributed by atoms with E-state index in [0.717, 1.165) is 23.9 Å². The number of carbonyl (C=O) groups excluding carboxylic acids is 1. The maximum Gasteiger partial charge on any atom is 0.248 e.